The summed E-state index contributed by atoms with van der Waals surface area (Å²) in [6.45, 7) is 0.788. The van der Waals surface area contributed by atoms with Crippen molar-refractivity contribution in [2.24, 2.45) is 5.11 Å². The average molecular weight is 282 g/mol. The van der Waals surface area contributed by atoms with Gasteiger partial charge < -0.3 is 0 Å². The van der Waals surface area contributed by atoms with E-state index in [1.807, 2.05) is 18.2 Å². The van der Waals surface area contributed by atoms with Crippen molar-refractivity contribution in [3.05, 3.63) is 40.8 Å². The second kappa shape index (κ2) is 5.92. The fraction of sp³-hybridized carbons (Fsp3) is 0.455. The summed E-state index contributed by atoms with van der Waals surface area (Å²) < 4.78 is 7.00. The first-order valence-corrected chi connectivity index (χ1v) is 7.12. The van der Waals surface area contributed by atoms with Crippen molar-refractivity contribution >= 4 is 19.4 Å². The van der Waals surface area contributed by atoms with Crippen molar-refractivity contribution in [3.8, 4) is 0 Å². The van der Waals surface area contributed by atoms with Gasteiger partial charge in [0.2, 0.25) is 0 Å². The van der Waals surface area contributed by atoms with Crippen LogP contribution in [0.15, 0.2) is 35.4 Å². The molecule has 1 aliphatic rings. The number of benzene rings is 1. The van der Waals surface area contributed by atoms with Crippen LogP contribution in [-0.2, 0) is 4.74 Å². The van der Waals surface area contributed by atoms with Gasteiger partial charge in [0.25, 0.3) is 0 Å². The van der Waals surface area contributed by atoms with Gasteiger partial charge in [-0.2, -0.15) is 0 Å². The number of azide groups is 1. The monoisotopic (exact) mass is 283 g/mol. The first kappa shape index (κ1) is 11.5. The molecule has 1 aromatic carbocycles. The molecule has 0 spiro atoms. The van der Waals surface area contributed by atoms with Gasteiger partial charge in [0.05, 0.1) is 0 Å². The second-order valence-electron chi connectivity index (χ2n) is 3.58. The summed E-state index contributed by atoms with van der Waals surface area (Å²) in [5.74, 6) is 0. The molecule has 0 unspecified atom stereocenters. The Labute approximate surface area is 101 Å². The molecular formula is C11H13N3OSe. The zero-order valence-electron chi connectivity index (χ0n) is 8.82. The molecule has 0 radical (unpaired) electrons. The molecule has 1 heterocycles. The molecule has 2 rings (SSSR count). The molecule has 1 fully saturated rings. The minimum atomic E-state index is 0.0129. The third-order valence-electron chi connectivity index (χ3n) is 2.44. The fourth-order valence-corrected chi connectivity index (χ4v) is 3.96. The third-order valence-corrected chi connectivity index (χ3v) is 5.01. The van der Waals surface area contributed by atoms with Crippen molar-refractivity contribution in [2.75, 3.05) is 6.61 Å². The van der Waals surface area contributed by atoms with Gasteiger partial charge in [0.1, 0.15) is 0 Å². The van der Waals surface area contributed by atoms with Gasteiger partial charge in [0, 0.05) is 0 Å². The number of hydrogen-bond acceptors (Lipinski definition) is 2. The van der Waals surface area contributed by atoms with Crippen molar-refractivity contribution in [1.82, 2.24) is 0 Å². The average Bonchev–Trinajstić information content (AvgIpc) is 2.33. The predicted molar refractivity (Wildman–Crippen MR) is 63.7 cm³/mol. The Morgan fingerprint density at radius 3 is 2.94 bits per heavy atom. The number of nitrogens with zero attached hydrogens (tertiary/aromatic N) is 3. The second-order valence-corrected chi connectivity index (χ2v) is 6.04. The topological polar surface area (TPSA) is 58.0 Å². The molecule has 1 saturated heterocycles. The van der Waals surface area contributed by atoms with E-state index < -0.39 is 0 Å². The van der Waals surface area contributed by atoms with Crippen LogP contribution in [0.1, 0.15) is 12.8 Å². The van der Waals surface area contributed by atoms with Gasteiger partial charge in [-0.1, -0.05) is 0 Å². The third kappa shape index (κ3) is 3.00. The normalized spacial score (nSPS) is 24.8. The Hall–Kier alpha value is -0.991. The summed E-state index contributed by atoms with van der Waals surface area (Å²) >= 11 is 0.223. The van der Waals surface area contributed by atoms with Crippen LogP contribution in [0.2, 0.25) is 0 Å². The van der Waals surface area contributed by atoms with E-state index in [-0.39, 0.29) is 26.0 Å². The van der Waals surface area contributed by atoms with E-state index in [0.29, 0.717) is 0 Å². The molecule has 0 saturated carbocycles. The Morgan fingerprint density at radius 1 is 1.38 bits per heavy atom. The summed E-state index contributed by atoms with van der Waals surface area (Å²) in [6.07, 6.45) is 1.94. The van der Waals surface area contributed by atoms with Crippen LogP contribution < -0.4 is 4.46 Å². The van der Waals surface area contributed by atoms with Crippen LogP contribution in [0.25, 0.3) is 10.4 Å². The summed E-state index contributed by atoms with van der Waals surface area (Å²) in [6, 6.07) is 10.3. The van der Waals surface area contributed by atoms with E-state index >= 15 is 0 Å². The van der Waals surface area contributed by atoms with E-state index in [1.54, 1.807) is 0 Å². The van der Waals surface area contributed by atoms with Gasteiger partial charge in [0.15, 0.2) is 0 Å². The van der Waals surface area contributed by atoms with Crippen LogP contribution in [0.4, 0.5) is 0 Å². The van der Waals surface area contributed by atoms with Crippen LogP contribution in [0.3, 0.4) is 0 Å². The SMILES string of the molecule is [N-]=[N+]=N[C@H]1CCCO[C@@H]1[Se]c1ccccc1. The Bertz CT molecular complexity index is 378. The van der Waals surface area contributed by atoms with Gasteiger partial charge in [-0.05, 0) is 0 Å². The molecule has 1 aromatic rings. The van der Waals surface area contributed by atoms with Gasteiger partial charge in [-0.3, -0.25) is 0 Å². The van der Waals surface area contributed by atoms with Crippen LogP contribution in [0, 0.1) is 0 Å². The van der Waals surface area contributed by atoms with Crippen LogP contribution in [-0.4, -0.2) is 32.6 Å². The van der Waals surface area contributed by atoms with E-state index in [2.05, 4.69) is 22.2 Å². The quantitative estimate of drug-likeness (QED) is 0.361. The summed E-state index contributed by atoms with van der Waals surface area (Å²) in [5.41, 5.74) is 8.51. The first-order valence-electron chi connectivity index (χ1n) is 5.27. The minimum absolute atomic E-state index is 0.0129. The van der Waals surface area contributed by atoms with E-state index in [1.165, 1.54) is 4.46 Å². The number of rotatable bonds is 3. The molecule has 0 aromatic heterocycles. The van der Waals surface area contributed by atoms with E-state index in [9.17, 15) is 0 Å². The Morgan fingerprint density at radius 2 is 2.19 bits per heavy atom. The molecule has 5 heteroatoms. The Kier molecular flexibility index (Phi) is 4.25. The number of ether oxygens (including phenoxy) is 1. The van der Waals surface area contributed by atoms with Crippen molar-refractivity contribution in [2.45, 2.75) is 23.9 Å². The maximum absolute atomic E-state index is 8.51. The zero-order valence-corrected chi connectivity index (χ0v) is 10.5. The molecule has 0 amide bonds. The Balaban J connectivity index is 2.04. The fourth-order valence-electron chi connectivity index (χ4n) is 1.66. The molecule has 4 nitrogen and oxygen atoms in total. The van der Waals surface area contributed by atoms with Crippen molar-refractivity contribution in [1.29, 1.82) is 0 Å². The summed E-state index contributed by atoms with van der Waals surface area (Å²) in [5, 5.41) is 3.93. The van der Waals surface area contributed by atoms with Gasteiger partial charge in [-0.25, -0.2) is 0 Å². The van der Waals surface area contributed by atoms with Crippen LogP contribution >= 0.6 is 0 Å². The molecule has 1 aliphatic heterocycles. The first-order chi connectivity index (χ1) is 7.90. The maximum atomic E-state index is 8.51. The summed E-state index contributed by atoms with van der Waals surface area (Å²) in [4.78, 5) is 2.91. The molecule has 2 atom stereocenters. The zero-order chi connectivity index (χ0) is 11.2. The van der Waals surface area contributed by atoms with Crippen molar-refractivity contribution in [3.63, 3.8) is 0 Å². The van der Waals surface area contributed by atoms with Gasteiger partial charge >= 0.3 is 101 Å². The molecular weight excluding hydrogens is 269 g/mol. The van der Waals surface area contributed by atoms with Crippen LogP contribution in [0.5, 0.6) is 0 Å². The molecule has 84 valence electrons. The summed E-state index contributed by atoms with van der Waals surface area (Å²) in [7, 11) is 0. The van der Waals surface area contributed by atoms with E-state index in [0.717, 1.165) is 19.4 Å². The number of hydrogen-bond donors (Lipinski definition) is 0. The molecule has 0 N–H and O–H groups in total. The van der Waals surface area contributed by atoms with Gasteiger partial charge in [-0.15, -0.1) is 0 Å². The predicted octanol–water partition coefficient (Wildman–Crippen LogP) is 1.83. The van der Waals surface area contributed by atoms with Crippen molar-refractivity contribution < 1.29 is 4.74 Å². The molecule has 16 heavy (non-hydrogen) atoms. The molecule has 0 bridgehead atoms. The van der Waals surface area contributed by atoms with E-state index in [4.69, 9.17) is 10.3 Å². The standard InChI is InChI=1S/C11H13N3OSe/c12-14-13-10-7-4-8-15-11(10)16-9-5-2-1-3-6-9/h1-3,5-6,10-11H,4,7-8H2/t10-,11+/m0/s1. The molecule has 0 aliphatic carbocycles.